The maximum Gasteiger partial charge on any atom is 0.220 e. The molecule has 0 unspecified atom stereocenters. The Morgan fingerprint density at radius 2 is 1.50 bits per heavy atom. The summed E-state index contributed by atoms with van der Waals surface area (Å²) in [5.74, 6) is -5.01. The standard InChI is InChI=1S/C11H8F3N3O2S/c12-9-6-11(14)10(13)5-8(9)7-20(18,19)17(3-1-15)4-2-16/h5-6H,3-4,7H2. The van der Waals surface area contributed by atoms with E-state index >= 15 is 0 Å². The maximum absolute atomic E-state index is 13.4. The van der Waals surface area contributed by atoms with E-state index in [1.807, 2.05) is 0 Å². The molecule has 1 aromatic rings. The average Bonchev–Trinajstić information content (AvgIpc) is 2.35. The molecular formula is C11H8F3N3O2S. The first-order valence-corrected chi connectivity index (χ1v) is 6.78. The van der Waals surface area contributed by atoms with E-state index < -0.39 is 51.9 Å². The number of hydrogen-bond donors (Lipinski definition) is 0. The molecule has 106 valence electrons. The van der Waals surface area contributed by atoms with Crippen molar-refractivity contribution in [1.82, 2.24) is 4.31 Å². The van der Waals surface area contributed by atoms with E-state index in [1.165, 1.54) is 0 Å². The van der Waals surface area contributed by atoms with Gasteiger partial charge in [-0.2, -0.15) is 14.8 Å². The molecule has 0 N–H and O–H groups in total. The highest BCUT2D eigenvalue weighted by Gasteiger charge is 2.24. The lowest BCUT2D eigenvalue weighted by molar-refractivity contribution is 0.473. The molecule has 0 radical (unpaired) electrons. The van der Waals surface area contributed by atoms with E-state index in [9.17, 15) is 21.6 Å². The van der Waals surface area contributed by atoms with Crippen LogP contribution >= 0.6 is 0 Å². The summed E-state index contributed by atoms with van der Waals surface area (Å²) >= 11 is 0. The molecule has 0 bridgehead atoms. The molecule has 0 saturated carbocycles. The first kappa shape index (κ1) is 16.0. The molecule has 0 atom stereocenters. The summed E-state index contributed by atoms with van der Waals surface area (Å²) in [5, 5.41) is 17.0. The van der Waals surface area contributed by atoms with E-state index in [2.05, 4.69) is 0 Å². The van der Waals surface area contributed by atoms with E-state index in [0.717, 1.165) is 0 Å². The van der Waals surface area contributed by atoms with Crippen molar-refractivity contribution in [1.29, 1.82) is 10.5 Å². The summed E-state index contributed by atoms with van der Waals surface area (Å²) in [6, 6.07) is 3.76. The van der Waals surface area contributed by atoms with Gasteiger partial charge < -0.3 is 0 Å². The van der Waals surface area contributed by atoms with Crippen molar-refractivity contribution in [2.45, 2.75) is 5.75 Å². The summed E-state index contributed by atoms with van der Waals surface area (Å²) < 4.78 is 63.3. The Morgan fingerprint density at radius 1 is 1.00 bits per heavy atom. The van der Waals surface area contributed by atoms with E-state index in [-0.39, 0.29) is 6.07 Å². The summed E-state index contributed by atoms with van der Waals surface area (Å²) in [7, 11) is -4.19. The molecule has 0 amide bonds. The topological polar surface area (TPSA) is 85.0 Å². The quantitative estimate of drug-likeness (QED) is 0.606. The second-order valence-corrected chi connectivity index (χ2v) is 5.67. The number of rotatable bonds is 5. The van der Waals surface area contributed by atoms with Gasteiger partial charge in [0.25, 0.3) is 0 Å². The monoisotopic (exact) mass is 303 g/mol. The smallest absolute Gasteiger partial charge is 0.212 e. The largest absolute Gasteiger partial charge is 0.220 e. The van der Waals surface area contributed by atoms with Crippen molar-refractivity contribution in [3.05, 3.63) is 35.1 Å². The molecule has 0 aliphatic heterocycles. The minimum Gasteiger partial charge on any atom is -0.212 e. The highest BCUT2D eigenvalue weighted by Crippen LogP contribution is 2.18. The summed E-state index contributed by atoms with van der Waals surface area (Å²) in [5.41, 5.74) is -0.579. The lowest BCUT2D eigenvalue weighted by Gasteiger charge is -2.16. The van der Waals surface area contributed by atoms with E-state index in [4.69, 9.17) is 10.5 Å². The predicted octanol–water partition coefficient (Wildman–Crippen LogP) is 1.28. The first-order chi connectivity index (χ1) is 9.31. The highest BCUT2D eigenvalue weighted by molar-refractivity contribution is 7.88. The molecule has 0 heterocycles. The Labute approximate surface area is 113 Å². The zero-order chi connectivity index (χ0) is 15.3. The number of hydrogen-bond acceptors (Lipinski definition) is 4. The number of nitriles is 2. The fourth-order valence-corrected chi connectivity index (χ4v) is 2.68. The van der Waals surface area contributed by atoms with Gasteiger partial charge in [-0.3, -0.25) is 0 Å². The Bertz CT molecular complexity index is 676. The lowest BCUT2D eigenvalue weighted by atomic mass is 10.2. The number of nitrogens with zero attached hydrogens (tertiary/aromatic N) is 3. The third-order valence-electron chi connectivity index (χ3n) is 2.31. The van der Waals surface area contributed by atoms with Gasteiger partial charge in [0, 0.05) is 11.6 Å². The van der Waals surface area contributed by atoms with Crippen LogP contribution in [0, 0.1) is 40.1 Å². The molecule has 0 spiro atoms. The zero-order valence-electron chi connectivity index (χ0n) is 9.98. The van der Waals surface area contributed by atoms with Crippen LogP contribution in [0.2, 0.25) is 0 Å². The fraction of sp³-hybridized carbons (Fsp3) is 0.273. The molecule has 9 heteroatoms. The SMILES string of the molecule is N#CCN(CC#N)S(=O)(=O)Cc1cc(F)c(F)cc1F. The van der Waals surface area contributed by atoms with Crippen LogP contribution in [0.3, 0.4) is 0 Å². The minimum absolute atomic E-state index is 0.235. The third kappa shape index (κ3) is 3.70. The summed E-state index contributed by atoms with van der Waals surface area (Å²) in [4.78, 5) is 0. The Hall–Kier alpha value is -2.10. The lowest BCUT2D eigenvalue weighted by Crippen LogP contribution is -2.33. The fourth-order valence-electron chi connectivity index (χ4n) is 1.37. The highest BCUT2D eigenvalue weighted by atomic mass is 32.2. The second kappa shape index (κ2) is 6.37. The molecule has 0 fully saturated rings. The van der Waals surface area contributed by atoms with Gasteiger partial charge in [-0.25, -0.2) is 21.6 Å². The minimum atomic E-state index is -4.19. The number of benzene rings is 1. The van der Waals surface area contributed by atoms with Gasteiger partial charge >= 0.3 is 0 Å². The molecule has 1 aromatic carbocycles. The van der Waals surface area contributed by atoms with Crippen molar-refractivity contribution in [2.75, 3.05) is 13.1 Å². The van der Waals surface area contributed by atoms with Gasteiger partial charge in [-0.1, -0.05) is 0 Å². The van der Waals surface area contributed by atoms with Crippen LogP contribution in [0.5, 0.6) is 0 Å². The molecule has 1 rings (SSSR count). The van der Waals surface area contributed by atoms with Gasteiger partial charge in [0.15, 0.2) is 11.6 Å². The summed E-state index contributed by atoms with van der Waals surface area (Å²) in [6.45, 7) is -1.19. The average molecular weight is 303 g/mol. The Morgan fingerprint density at radius 3 is 2.00 bits per heavy atom. The Kier molecular flexibility index (Phi) is 5.08. The molecule has 20 heavy (non-hydrogen) atoms. The molecular weight excluding hydrogens is 295 g/mol. The normalized spacial score (nSPS) is 11.1. The van der Waals surface area contributed by atoms with E-state index in [1.54, 1.807) is 12.1 Å². The van der Waals surface area contributed by atoms with Crippen molar-refractivity contribution >= 4 is 10.0 Å². The van der Waals surface area contributed by atoms with Gasteiger partial charge in [0.05, 0.1) is 17.9 Å². The van der Waals surface area contributed by atoms with Crippen LogP contribution in [-0.2, 0) is 15.8 Å². The maximum atomic E-state index is 13.4. The number of sulfonamides is 1. The van der Waals surface area contributed by atoms with E-state index in [0.29, 0.717) is 10.4 Å². The first-order valence-electron chi connectivity index (χ1n) is 5.17. The van der Waals surface area contributed by atoms with Crippen LogP contribution in [-0.4, -0.2) is 25.8 Å². The van der Waals surface area contributed by atoms with Crippen molar-refractivity contribution in [2.24, 2.45) is 0 Å². The van der Waals surface area contributed by atoms with Crippen LogP contribution < -0.4 is 0 Å². The summed E-state index contributed by atoms with van der Waals surface area (Å²) in [6.07, 6.45) is 0. The Balaban J connectivity index is 3.11. The van der Waals surface area contributed by atoms with Gasteiger partial charge in [0.2, 0.25) is 10.0 Å². The molecule has 0 saturated heterocycles. The van der Waals surface area contributed by atoms with Crippen LogP contribution in [0.1, 0.15) is 5.56 Å². The van der Waals surface area contributed by atoms with Crippen molar-refractivity contribution < 1.29 is 21.6 Å². The predicted molar refractivity (Wildman–Crippen MR) is 61.7 cm³/mol. The van der Waals surface area contributed by atoms with Gasteiger partial charge in [0.1, 0.15) is 18.9 Å². The second-order valence-electron chi connectivity index (χ2n) is 3.70. The van der Waals surface area contributed by atoms with Crippen LogP contribution in [0.4, 0.5) is 13.2 Å². The molecule has 5 nitrogen and oxygen atoms in total. The molecule has 0 aliphatic carbocycles. The van der Waals surface area contributed by atoms with Gasteiger partial charge in [-0.15, -0.1) is 0 Å². The van der Waals surface area contributed by atoms with Crippen molar-refractivity contribution in [3.63, 3.8) is 0 Å². The number of halogens is 3. The van der Waals surface area contributed by atoms with Crippen LogP contribution in [0.25, 0.3) is 0 Å². The third-order valence-corrected chi connectivity index (χ3v) is 4.04. The zero-order valence-corrected chi connectivity index (χ0v) is 10.8. The van der Waals surface area contributed by atoms with Crippen LogP contribution in [0.15, 0.2) is 12.1 Å². The van der Waals surface area contributed by atoms with Gasteiger partial charge in [-0.05, 0) is 6.07 Å². The molecule has 0 aromatic heterocycles. The van der Waals surface area contributed by atoms with Crippen molar-refractivity contribution in [3.8, 4) is 12.1 Å². The molecule has 0 aliphatic rings.